The number of thiophene rings is 1. The van der Waals surface area contributed by atoms with Crippen LogP contribution < -0.4 is 5.32 Å². The van der Waals surface area contributed by atoms with Gasteiger partial charge in [0.2, 0.25) is 0 Å². The van der Waals surface area contributed by atoms with Crippen LogP contribution in [0.5, 0.6) is 5.75 Å². The summed E-state index contributed by atoms with van der Waals surface area (Å²) in [6.45, 7) is 1.01. The number of fused-ring (bicyclic) bond motifs is 1. The number of aryl methyl sites for hydroxylation is 1. The van der Waals surface area contributed by atoms with Gasteiger partial charge in [-0.3, -0.25) is 0 Å². The van der Waals surface area contributed by atoms with E-state index in [9.17, 15) is 5.11 Å². The predicted molar refractivity (Wildman–Crippen MR) is 91.2 cm³/mol. The number of hydrogen-bond acceptors (Lipinski definition) is 3. The van der Waals surface area contributed by atoms with Gasteiger partial charge in [-0.2, -0.15) is 0 Å². The van der Waals surface area contributed by atoms with Crippen LogP contribution in [0.4, 0.5) is 0 Å². The van der Waals surface area contributed by atoms with Crippen LogP contribution >= 0.6 is 11.3 Å². The summed E-state index contributed by atoms with van der Waals surface area (Å²) >= 11 is 1.77. The lowest BCUT2D eigenvalue weighted by Gasteiger charge is -2.09. The van der Waals surface area contributed by atoms with Crippen LogP contribution in [0.15, 0.2) is 47.8 Å². The molecule has 0 bridgehead atoms. The second-order valence-corrected chi connectivity index (χ2v) is 6.15. The van der Waals surface area contributed by atoms with Crippen molar-refractivity contribution in [1.82, 2.24) is 5.32 Å². The Morgan fingerprint density at radius 3 is 2.76 bits per heavy atom. The van der Waals surface area contributed by atoms with E-state index < -0.39 is 0 Å². The molecule has 3 heteroatoms. The van der Waals surface area contributed by atoms with Crippen molar-refractivity contribution in [3.05, 3.63) is 52.7 Å². The van der Waals surface area contributed by atoms with Crippen molar-refractivity contribution in [3.63, 3.8) is 0 Å². The van der Waals surface area contributed by atoms with Gasteiger partial charge < -0.3 is 10.4 Å². The Balaban J connectivity index is 2.01. The number of nitrogens with one attached hydrogen (secondary N) is 1. The molecule has 3 aromatic rings. The quantitative estimate of drug-likeness (QED) is 0.683. The molecular formula is C18H19NOS. The van der Waals surface area contributed by atoms with E-state index in [1.807, 2.05) is 37.4 Å². The maximum atomic E-state index is 10.6. The molecule has 0 aliphatic rings. The number of rotatable bonds is 5. The number of phenolic OH excluding ortho intramolecular Hbond substituents is 1. The standard InChI is InChI=1S/C18H19NOS/c1-19-11-4-7-17-15(10-12-21-17)16-9-8-13-5-2-3-6-14(13)18(16)20/h2-3,5-6,8-10,12,19-20H,4,7,11H2,1H3. The van der Waals surface area contributed by atoms with Gasteiger partial charge in [0.25, 0.3) is 0 Å². The highest BCUT2D eigenvalue weighted by atomic mass is 32.1. The summed E-state index contributed by atoms with van der Waals surface area (Å²) < 4.78 is 0. The molecule has 0 fully saturated rings. The fourth-order valence-corrected chi connectivity index (χ4v) is 3.61. The molecular weight excluding hydrogens is 278 g/mol. The van der Waals surface area contributed by atoms with E-state index >= 15 is 0 Å². The van der Waals surface area contributed by atoms with Crippen LogP contribution in [0.25, 0.3) is 21.9 Å². The summed E-state index contributed by atoms with van der Waals surface area (Å²) in [7, 11) is 1.98. The molecule has 0 spiro atoms. The normalized spacial score (nSPS) is 11.1. The molecule has 0 unspecified atom stereocenters. The summed E-state index contributed by atoms with van der Waals surface area (Å²) in [5, 5.41) is 17.9. The highest BCUT2D eigenvalue weighted by Gasteiger charge is 2.12. The van der Waals surface area contributed by atoms with E-state index in [1.165, 1.54) is 10.4 Å². The summed E-state index contributed by atoms with van der Waals surface area (Å²) in [6, 6.07) is 14.2. The monoisotopic (exact) mass is 297 g/mol. The molecule has 1 heterocycles. The fraction of sp³-hybridized carbons (Fsp3) is 0.222. The van der Waals surface area contributed by atoms with Crippen molar-refractivity contribution in [2.75, 3.05) is 13.6 Å². The summed E-state index contributed by atoms with van der Waals surface area (Å²) in [5.74, 6) is 0.390. The van der Waals surface area contributed by atoms with Crippen LogP contribution in [0.2, 0.25) is 0 Å². The SMILES string of the molecule is CNCCCc1sccc1-c1ccc2ccccc2c1O. The van der Waals surface area contributed by atoms with Crippen molar-refractivity contribution in [1.29, 1.82) is 0 Å². The van der Waals surface area contributed by atoms with Gasteiger partial charge in [-0.1, -0.05) is 30.3 Å². The molecule has 0 amide bonds. The zero-order chi connectivity index (χ0) is 14.7. The molecule has 2 N–H and O–H groups in total. The Morgan fingerprint density at radius 1 is 1.05 bits per heavy atom. The first kappa shape index (κ1) is 14.1. The second kappa shape index (κ2) is 6.29. The van der Waals surface area contributed by atoms with Gasteiger partial charge in [-0.25, -0.2) is 0 Å². The zero-order valence-corrected chi connectivity index (χ0v) is 12.9. The molecule has 21 heavy (non-hydrogen) atoms. The molecule has 0 aliphatic carbocycles. The smallest absolute Gasteiger partial charge is 0.131 e. The number of benzene rings is 2. The van der Waals surface area contributed by atoms with Crippen LogP contribution in [0, 0.1) is 0 Å². The molecule has 2 aromatic carbocycles. The van der Waals surface area contributed by atoms with E-state index in [1.54, 1.807) is 11.3 Å². The van der Waals surface area contributed by atoms with Crippen LogP contribution in [0.1, 0.15) is 11.3 Å². The van der Waals surface area contributed by atoms with Crippen molar-refractivity contribution in [3.8, 4) is 16.9 Å². The molecule has 0 atom stereocenters. The predicted octanol–water partition coefficient (Wildman–Crippen LogP) is 4.43. The van der Waals surface area contributed by atoms with E-state index in [4.69, 9.17) is 0 Å². The third kappa shape index (κ3) is 2.80. The number of hydrogen-bond donors (Lipinski definition) is 2. The lowest BCUT2D eigenvalue weighted by atomic mass is 9.99. The minimum absolute atomic E-state index is 0.390. The zero-order valence-electron chi connectivity index (χ0n) is 12.1. The van der Waals surface area contributed by atoms with Gasteiger partial charge in [0.1, 0.15) is 5.75 Å². The highest BCUT2D eigenvalue weighted by molar-refractivity contribution is 7.10. The Bertz CT molecular complexity index is 748. The molecule has 0 saturated carbocycles. The first-order valence-electron chi connectivity index (χ1n) is 7.23. The molecule has 0 saturated heterocycles. The van der Waals surface area contributed by atoms with Crippen LogP contribution in [0.3, 0.4) is 0 Å². The Hall–Kier alpha value is -1.84. The lowest BCUT2D eigenvalue weighted by Crippen LogP contribution is -2.08. The van der Waals surface area contributed by atoms with Gasteiger partial charge in [0.15, 0.2) is 0 Å². The Labute approximate surface area is 129 Å². The third-order valence-corrected chi connectivity index (χ3v) is 4.75. The van der Waals surface area contributed by atoms with E-state index in [2.05, 4.69) is 22.8 Å². The van der Waals surface area contributed by atoms with Crippen LogP contribution in [-0.2, 0) is 6.42 Å². The Kier molecular flexibility index (Phi) is 4.23. The van der Waals surface area contributed by atoms with Crippen molar-refractivity contribution < 1.29 is 5.11 Å². The maximum Gasteiger partial charge on any atom is 0.131 e. The Morgan fingerprint density at radius 2 is 1.90 bits per heavy atom. The van der Waals surface area contributed by atoms with E-state index in [0.717, 1.165) is 35.7 Å². The average Bonchev–Trinajstić information content (AvgIpc) is 2.96. The first-order chi connectivity index (χ1) is 10.3. The lowest BCUT2D eigenvalue weighted by molar-refractivity contribution is 0.483. The van der Waals surface area contributed by atoms with Gasteiger partial charge in [-0.15, -0.1) is 11.3 Å². The summed E-state index contributed by atoms with van der Waals surface area (Å²) in [5.41, 5.74) is 2.11. The summed E-state index contributed by atoms with van der Waals surface area (Å²) in [6.07, 6.45) is 2.15. The van der Waals surface area contributed by atoms with Crippen LogP contribution in [-0.4, -0.2) is 18.7 Å². The van der Waals surface area contributed by atoms with Gasteiger partial charge >= 0.3 is 0 Å². The number of phenols is 1. The second-order valence-electron chi connectivity index (χ2n) is 5.15. The molecule has 3 rings (SSSR count). The molecule has 0 radical (unpaired) electrons. The topological polar surface area (TPSA) is 32.3 Å². The van der Waals surface area contributed by atoms with Gasteiger partial charge in [0, 0.05) is 15.8 Å². The van der Waals surface area contributed by atoms with Crippen molar-refractivity contribution in [2.45, 2.75) is 12.8 Å². The number of aromatic hydroxyl groups is 1. The van der Waals surface area contributed by atoms with Gasteiger partial charge in [0.05, 0.1) is 0 Å². The molecule has 108 valence electrons. The molecule has 2 nitrogen and oxygen atoms in total. The average molecular weight is 297 g/mol. The highest BCUT2D eigenvalue weighted by Crippen LogP contribution is 2.39. The maximum absolute atomic E-state index is 10.6. The van der Waals surface area contributed by atoms with E-state index in [0.29, 0.717) is 5.75 Å². The summed E-state index contributed by atoms with van der Waals surface area (Å²) in [4.78, 5) is 1.34. The third-order valence-electron chi connectivity index (χ3n) is 3.77. The first-order valence-corrected chi connectivity index (χ1v) is 8.11. The van der Waals surface area contributed by atoms with Gasteiger partial charge in [-0.05, 0) is 54.9 Å². The minimum atomic E-state index is 0.390. The van der Waals surface area contributed by atoms with E-state index in [-0.39, 0.29) is 0 Å². The molecule has 1 aromatic heterocycles. The van der Waals surface area contributed by atoms with Crippen molar-refractivity contribution in [2.24, 2.45) is 0 Å². The minimum Gasteiger partial charge on any atom is -0.507 e. The fourth-order valence-electron chi connectivity index (χ4n) is 2.67. The molecule has 0 aliphatic heterocycles. The van der Waals surface area contributed by atoms with Crippen molar-refractivity contribution >= 4 is 22.1 Å². The largest absolute Gasteiger partial charge is 0.507 e.